The Morgan fingerprint density at radius 2 is 0.421 bits per heavy atom. The van der Waals surface area contributed by atoms with E-state index in [1.807, 2.05) is 0 Å². The average molecular weight is 1180 g/mol. The Kier molecular flexibility index (Phi) is 19.3. The number of rotatable bonds is 26. The second-order valence-corrected chi connectivity index (χ2v) is 16.8. The molecule has 0 aliphatic carbocycles. The van der Waals surface area contributed by atoms with E-state index in [0.717, 1.165) is 0 Å². The molecule has 0 bridgehead atoms. The van der Waals surface area contributed by atoms with E-state index >= 15 is 0 Å². The van der Waals surface area contributed by atoms with Crippen molar-refractivity contribution in [2.24, 2.45) is 0 Å². The number of alkyl halides is 34. The van der Waals surface area contributed by atoms with Crippen molar-refractivity contribution in [3.8, 4) is 11.8 Å². The zero-order valence-electron chi connectivity index (χ0n) is 37.0. The van der Waals surface area contributed by atoms with Crippen LogP contribution in [0.1, 0.15) is 86.5 Å². The molecular formula is C42H32F34. The lowest BCUT2D eigenvalue weighted by Gasteiger charge is -2.42. The maximum absolute atomic E-state index is 14.1. The minimum atomic E-state index is -8.71. The lowest BCUT2D eigenvalue weighted by atomic mass is 9.87. The first-order valence-corrected chi connectivity index (χ1v) is 20.7. The number of halogens is 34. The Balaban J connectivity index is 1.91. The molecule has 0 unspecified atom stereocenters. The van der Waals surface area contributed by atoms with Crippen LogP contribution in [0.5, 0.6) is 0 Å². The number of unbranched alkanes of at least 4 members (excludes halogenated alkanes) is 6. The van der Waals surface area contributed by atoms with Gasteiger partial charge in [-0.1, -0.05) is 61.8 Å². The van der Waals surface area contributed by atoms with Gasteiger partial charge in [-0.05, 0) is 73.9 Å². The summed E-state index contributed by atoms with van der Waals surface area (Å²) in [6.07, 6.45) is -24.7. The second-order valence-electron chi connectivity index (χ2n) is 16.8. The monoisotopic (exact) mass is 1180 g/mol. The summed E-state index contributed by atoms with van der Waals surface area (Å²) in [5.41, 5.74) is 1.69. The molecule has 0 aromatic heterocycles. The second kappa shape index (κ2) is 21.7. The fourth-order valence-corrected chi connectivity index (χ4v) is 6.42. The number of benzene rings is 2. The molecule has 0 amide bonds. The largest absolute Gasteiger partial charge is 0.460 e. The Morgan fingerprint density at radius 1 is 0.224 bits per heavy atom. The minimum Gasteiger partial charge on any atom is -0.200 e. The van der Waals surface area contributed by atoms with Gasteiger partial charge in [-0.3, -0.25) is 0 Å². The van der Waals surface area contributed by atoms with Crippen LogP contribution in [0.3, 0.4) is 0 Å². The van der Waals surface area contributed by atoms with Gasteiger partial charge in [0.1, 0.15) is 0 Å². The number of hydrogen-bond donors (Lipinski definition) is 0. The van der Waals surface area contributed by atoms with Gasteiger partial charge < -0.3 is 0 Å². The molecule has 0 aliphatic rings. The molecule has 0 fully saturated rings. The third kappa shape index (κ3) is 11.8. The van der Waals surface area contributed by atoms with Crippen LogP contribution in [0, 0.1) is 11.8 Å². The molecule has 2 rings (SSSR count). The van der Waals surface area contributed by atoms with Gasteiger partial charge in [0, 0.05) is 24.0 Å². The highest BCUT2D eigenvalue weighted by molar-refractivity contribution is 5.44. The van der Waals surface area contributed by atoms with E-state index in [-0.39, 0.29) is 38.5 Å². The molecule has 0 saturated heterocycles. The molecule has 2 aromatic rings. The third-order valence-electron chi connectivity index (χ3n) is 11.2. The van der Waals surface area contributed by atoms with Crippen molar-refractivity contribution < 1.29 is 149 Å². The van der Waals surface area contributed by atoms with Crippen molar-refractivity contribution in [2.45, 2.75) is 172 Å². The first-order chi connectivity index (χ1) is 33.6. The van der Waals surface area contributed by atoms with Gasteiger partial charge in [-0.2, -0.15) is 149 Å². The van der Waals surface area contributed by atoms with Gasteiger partial charge in [0.2, 0.25) is 0 Å². The molecule has 0 saturated carbocycles. The summed E-state index contributed by atoms with van der Waals surface area (Å²) in [6, 6.07) is 11.6. The molecule has 438 valence electrons. The van der Waals surface area contributed by atoms with Gasteiger partial charge in [-0.25, -0.2) is 0 Å². The first-order valence-electron chi connectivity index (χ1n) is 20.7. The highest BCUT2D eigenvalue weighted by Crippen LogP contribution is 2.66. The van der Waals surface area contributed by atoms with Gasteiger partial charge >= 0.3 is 95.3 Å². The Morgan fingerprint density at radius 3 is 0.645 bits per heavy atom. The highest BCUT2D eigenvalue weighted by Gasteiger charge is 2.97. The fourth-order valence-electron chi connectivity index (χ4n) is 6.42. The molecule has 0 atom stereocenters. The van der Waals surface area contributed by atoms with E-state index in [2.05, 4.69) is 11.8 Å². The van der Waals surface area contributed by atoms with Crippen molar-refractivity contribution in [2.75, 3.05) is 0 Å². The van der Waals surface area contributed by atoms with Crippen molar-refractivity contribution in [3.63, 3.8) is 0 Å². The zero-order valence-corrected chi connectivity index (χ0v) is 37.0. The van der Waals surface area contributed by atoms with Crippen LogP contribution in [0.15, 0.2) is 48.5 Å². The molecule has 0 spiro atoms. The zero-order chi connectivity index (χ0) is 59.9. The van der Waals surface area contributed by atoms with Crippen LogP contribution >= 0.6 is 0 Å². The van der Waals surface area contributed by atoms with E-state index in [1.165, 1.54) is 48.5 Å². The van der Waals surface area contributed by atoms with Gasteiger partial charge in [-0.15, -0.1) is 0 Å². The van der Waals surface area contributed by atoms with E-state index in [9.17, 15) is 149 Å². The van der Waals surface area contributed by atoms with Crippen molar-refractivity contribution in [1.82, 2.24) is 0 Å². The Hall–Kier alpha value is -4.38. The fraction of sp³-hybridized carbons (Fsp3) is 0.667. The van der Waals surface area contributed by atoms with E-state index in [4.69, 9.17) is 0 Å². The standard InChI is InChI=1S/C42H32F34/c43-27(44,29(47,48)31(51,52)33(55,56)35(59,60)37(63,64)39(67,68)41(71,72)73)21-7-3-1-5-9-23-11-15-25(16-12-23)19-20-26-17-13-24(14-18-26)10-6-2-4-8-22-28(45,46)30(49,50)32(53,54)34(57,58)36(61,62)38(65,66)40(69,70)42(74,75)76/h11-18H,1-10,21-22H2. The summed E-state index contributed by atoms with van der Waals surface area (Å²) < 4.78 is 457. The Bertz CT molecular complexity index is 2110. The first kappa shape index (κ1) is 67.7. The number of hydrogen-bond acceptors (Lipinski definition) is 0. The van der Waals surface area contributed by atoms with Crippen molar-refractivity contribution >= 4 is 0 Å². The summed E-state index contributed by atoms with van der Waals surface area (Å²) >= 11 is 0. The summed E-state index contributed by atoms with van der Waals surface area (Å²) in [5, 5.41) is 0. The van der Waals surface area contributed by atoms with E-state index in [1.54, 1.807) is 0 Å². The smallest absolute Gasteiger partial charge is 0.200 e. The van der Waals surface area contributed by atoms with Crippen molar-refractivity contribution in [1.29, 1.82) is 0 Å². The van der Waals surface area contributed by atoms with E-state index < -0.39 is 134 Å². The third-order valence-corrected chi connectivity index (χ3v) is 11.2. The van der Waals surface area contributed by atoms with Gasteiger partial charge in [0.25, 0.3) is 0 Å². The molecule has 2 aromatic carbocycles. The van der Waals surface area contributed by atoms with Gasteiger partial charge in [0.15, 0.2) is 0 Å². The predicted octanol–water partition coefficient (Wildman–Crippen LogP) is 18.1. The van der Waals surface area contributed by atoms with Gasteiger partial charge in [0.05, 0.1) is 0 Å². The lowest BCUT2D eigenvalue weighted by Crippen LogP contribution is -2.74. The summed E-state index contributed by atoms with van der Waals surface area (Å²) in [4.78, 5) is 0. The SMILES string of the molecule is FC(F)(F)C(F)(F)C(F)(F)C(F)(F)C(F)(F)C(F)(F)C(F)(F)C(F)(F)CCCCCCc1ccc(C#Cc2ccc(CCCCCCC(F)(F)C(F)(F)C(F)(F)C(F)(F)C(F)(F)C(F)(F)C(F)(F)C(F)(F)F)cc2)cc1. The lowest BCUT2D eigenvalue weighted by molar-refractivity contribution is -0.461. The maximum atomic E-state index is 14.1. The van der Waals surface area contributed by atoms with Crippen LogP contribution in [-0.4, -0.2) is 95.3 Å². The number of aryl methyl sites for hydroxylation is 2. The summed E-state index contributed by atoms with van der Waals surface area (Å²) in [6.45, 7) is 0. The van der Waals surface area contributed by atoms with Crippen LogP contribution in [-0.2, 0) is 12.8 Å². The molecule has 34 heteroatoms. The molecule has 0 nitrogen and oxygen atoms in total. The molecular weight excluding hydrogens is 1150 g/mol. The molecule has 0 radical (unpaired) electrons. The Labute approximate surface area is 404 Å². The van der Waals surface area contributed by atoms with Crippen molar-refractivity contribution in [3.05, 3.63) is 70.8 Å². The van der Waals surface area contributed by atoms with Crippen LogP contribution < -0.4 is 0 Å². The molecule has 76 heavy (non-hydrogen) atoms. The minimum absolute atomic E-state index is 0.0119. The predicted molar refractivity (Wildman–Crippen MR) is 194 cm³/mol. The molecule has 0 heterocycles. The topological polar surface area (TPSA) is 0 Å². The highest BCUT2D eigenvalue weighted by atomic mass is 19.4. The average Bonchev–Trinajstić information content (AvgIpc) is 3.27. The normalized spacial score (nSPS) is 15.2. The van der Waals surface area contributed by atoms with Crippen LogP contribution in [0.4, 0.5) is 149 Å². The molecule has 0 N–H and O–H groups in total. The summed E-state index contributed by atoms with van der Waals surface area (Å²) in [7, 11) is 0. The summed E-state index contributed by atoms with van der Waals surface area (Å²) in [5.74, 6) is -108. The quantitative estimate of drug-likeness (QED) is 0.0500. The van der Waals surface area contributed by atoms with Crippen LogP contribution in [0.25, 0.3) is 0 Å². The van der Waals surface area contributed by atoms with E-state index in [0.29, 0.717) is 22.3 Å². The molecule has 0 aliphatic heterocycles. The maximum Gasteiger partial charge on any atom is 0.460 e. The van der Waals surface area contributed by atoms with Crippen LogP contribution in [0.2, 0.25) is 0 Å².